The topological polar surface area (TPSA) is 18.5 Å². The summed E-state index contributed by atoms with van der Waals surface area (Å²) in [5.41, 5.74) is 2.66. The molecule has 0 spiro atoms. The fraction of sp³-hybridized carbons (Fsp3) is 0.714. The van der Waals surface area contributed by atoms with Crippen molar-refractivity contribution >= 4 is 0 Å². The summed E-state index contributed by atoms with van der Waals surface area (Å²) in [7, 11) is 0. The van der Waals surface area contributed by atoms with E-state index in [9.17, 15) is 0 Å². The van der Waals surface area contributed by atoms with E-state index in [4.69, 9.17) is 9.47 Å². The zero-order chi connectivity index (χ0) is 22.9. The Balaban J connectivity index is 0.000000300. The molecule has 0 bridgehead atoms. The van der Waals surface area contributed by atoms with Crippen molar-refractivity contribution in [1.82, 2.24) is 0 Å². The van der Waals surface area contributed by atoms with Crippen LogP contribution in [0.25, 0.3) is 0 Å². The summed E-state index contributed by atoms with van der Waals surface area (Å²) in [5, 5.41) is 0. The Morgan fingerprint density at radius 3 is 1.30 bits per heavy atom. The predicted octanol–water partition coefficient (Wildman–Crippen LogP) is 8.21. The van der Waals surface area contributed by atoms with E-state index < -0.39 is 0 Å². The molecule has 0 amide bonds. The largest absolute Gasteiger partial charge is 0.368 e. The molecule has 0 unspecified atom stereocenters. The second kappa shape index (κ2) is 12.1. The van der Waals surface area contributed by atoms with Gasteiger partial charge in [0.1, 0.15) is 0 Å². The molecule has 0 N–H and O–H groups in total. The van der Waals surface area contributed by atoms with Crippen molar-refractivity contribution in [3.8, 4) is 0 Å². The number of hydrogen-bond acceptors (Lipinski definition) is 2. The molecule has 0 fully saturated rings. The standard InChI is InChI=1S/2C14H24O/c2*1-11(2)7-6-9-14(5)10-8-12(3)13(4)15-14/h2*7-8,10,12-13H,6,9H2,1-5H3/t12-,13-,14+;12-,13-,14-/m11/s1. The Bertz CT molecular complexity index is 577. The highest BCUT2D eigenvalue weighted by atomic mass is 16.5. The van der Waals surface area contributed by atoms with Crippen molar-refractivity contribution in [3.05, 3.63) is 47.6 Å². The molecule has 0 radical (unpaired) electrons. The molecule has 2 aliphatic rings. The molecule has 0 aromatic carbocycles. The molecular formula is C28H48O2. The summed E-state index contributed by atoms with van der Waals surface area (Å²) in [4.78, 5) is 0. The van der Waals surface area contributed by atoms with Gasteiger partial charge >= 0.3 is 0 Å². The van der Waals surface area contributed by atoms with Crippen molar-refractivity contribution < 1.29 is 9.47 Å². The lowest BCUT2D eigenvalue weighted by atomic mass is 9.91. The Morgan fingerprint density at radius 2 is 1.03 bits per heavy atom. The first-order valence-corrected chi connectivity index (χ1v) is 11.9. The first-order valence-electron chi connectivity index (χ1n) is 11.9. The maximum Gasteiger partial charge on any atom is 0.0841 e. The molecule has 0 saturated heterocycles. The molecule has 0 aromatic heterocycles. The second-order valence-electron chi connectivity index (χ2n) is 10.3. The summed E-state index contributed by atoms with van der Waals surface area (Å²) < 4.78 is 12.1. The lowest BCUT2D eigenvalue weighted by Crippen LogP contribution is -2.36. The third kappa shape index (κ3) is 9.79. The van der Waals surface area contributed by atoms with E-state index in [1.54, 1.807) is 0 Å². The first-order chi connectivity index (χ1) is 13.9. The van der Waals surface area contributed by atoms with Crippen molar-refractivity contribution in [1.29, 1.82) is 0 Å². The van der Waals surface area contributed by atoms with Crippen molar-refractivity contribution in [2.45, 2.75) is 118 Å². The van der Waals surface area contributed by atoms with Crippen LogP contribution < -0.4 is 0 Å². The summed E-state index contributed by atoms with van der Waals surface area (Å²) in [6.07, 6.45) is 18.6. The number of hydrogen-bond donors (Lipinski definition) is 0. The van der Waals surface area contributed by atoms with Crippen LogP contribution in [0.3, 0.4) is 0 Å². The van der Waals surface area contributed by atoms with Crippen LogP contribution in [-0.4, -0.2) is 23.4 Å². The Labute approximate surface area is 187 Å². The quantitative estimate of drug-likeness (QED) is 0.406. The van der Waals surface area contributed by atoms with Gasteiger partial charge < -0.3 is 9.47 Å². The van der Waals surface area contributed by atoms with Crippen LogP contribution in [0, 0.1) is 11.8 Å². The smallest absolute Gasteiger partial charge is 0.0841 e. The highest BCUT2D eigenvalue weighted by Crippen LogP contribution is 2.31. The molecule has 0 aromatic rings. The zero-order valence-electron chi connectivity index (χ0n) is 21.4. The van der Waals surface area contributed by atoms with E-state index >= 15 is 0 Å². The first kappa shape index (κ1) is 26.9. The molecule has 30 heavy (non-hydrogen) atoms. The molecule has 6 atom stereocenters. The third-order valence-electron chi connectivity index (χ3n) is 6.28. The molecule has 2 nitrogen and oxygen atoms in total. The molecule has 0 saturated carbocycles. The fourth-order valence-corrected chi connectivity index (χ4v) is 3.75. The maximum atomic E-state index is 6.05. The minimum atomic E-state index is -0.0577. The summed E-state index contributed by atoms with van der Waals surface area (Å²) in [6, 6.07) is 0. The van der Waals surface area contributed by atoms with Gasteiger partial charge in [0.05, 0.1) is 23.4 Å². The highest BCUT2D eigenvalue weighted by molar-refractivity contribution is 5.09. The van der Waals surface area contributed by atoms with E-state index in [0.717, 1.165) is 25.7 Å². The Hall–Kier alpha value is -1.12. The van der Waals surface area contributed by atoms with Crippen molar-refractivity contribution in [3.63, 3.8) is 0 Å². The molecule has 0 aliphatic carbocycles. The number of rotatable bonds is 6. The van der Waals surface area contributed by atoms with Gasteiger partial charge in [0.15, 0.2) is 0 Å². The van der Waals surface area contributed by atoms with Crippen molar-refractivity contribution in [2.75, 3.05) is 0 Å². The van der Waals surface area contributed by atoms with Gasteiger partial charge in [-0.3, -0.25) is 0 Å². The van der Waals surface area contributed by atoms with Crippen LogP contribution in [-0.2, 0) is 9.47 Å². The summed E-state index contributed by atoms with van der Waals surface area (Å²) in [6.45, 7) is 21.7. The van der Waals surface area contributed by atoms with E-state index in [0.29, 0.717) is 24.0 Å². The number of ether oxygens (including phenoxy) is 2. The van der Waals surface area contributed by atoms with E-state index in [-0.39, 0.29) is 11.2 Å². The van der Waals surface area contributed by atoms with Gasteiger partial charge in [-0.2, -0.15) is 0 Å². The lowest BCUT2D eigenvalue weighted by molar-refractivity contribution is -0.0728. The molecule has 2 rings (SSSR count). The highest BCUT2D eigenvalue weighted by Gasteiger charge is 2.30. The molecular weight excluding hydrogens is 368 g/mol. The van der Waals surface area contributed by atoms with Crippen LogP contribution in [0.4, 0.5) is 0 Å². The molecule has 172 valence electrons. The minimum absolute atomic E-state index is 0.0577. The van der Waals surface area contributed by atoms with Gasteiger partial charge in [-0.15, -0.1) is 0 Å². The second-order valence-corrected chi connectivity index (χ2v) is 10.3. The van der Waals surface area contributed by atoms with Gasteiger partial charge in [0.25, 0.3) is 0 Å². The van der Waals surface area contributed by atoms with Crippen LogP contribution in [0.15, 0.2) is 47.6 Å². The SMILES string of the molecule is CC(C)=CCC[C@@]1(C)C=C[C@@H](C)[C@@H](C)O1.CC(C)=CCC[C@]1(C)C=C[C@@H](C)[C@@H](C)O1. The van der Waals surface area contributed by atoms with Crippen LogP contribution in [0.1, 0.15) is 94.9 Å². The minimum Gasteiger partial charge on any atom is -0.368 e. The van der Waals surface area contributed by atoms with Crippen LogP contribution in [0.5, 0.6) is 0 Å². The average Bonchev–Trinajstić information content (AvgIpc) is 2.62. The summed E-state index contributed by atoms with van der Waals surface area (Å²) in [5.74, 6) is 1.09. The van der Waals surface area contributed by atoms with E-state index in [1.807, 2.05) is 0 Å². The fourth-order valence-electron chi connectivity index (χ4n) is 3.75. The van der Waals surface area contributed by atoms with E-state index in [1.165, 1.54) is 11.1 Å². The monoisotopic (exact) mass is 416 g/mol. The lowest BCUT2D eigenvalue weighted by Gasteiger charge is -2.36. The van der Waals surface area contributed by atoms with Crippen molar-refractivity contribution in [2.24, 2.45) is 11.8 Å². The van der Waals surface area contributed by atoms with E-state index in [2.05, 4.69) is 106 Å². The van der Waals surface area contributed by atoms with Gasteiger partial charge in [0, 0.05) is 11.8 Å². The molecule has 2 heteroatoms. The Kier molecular flexibility index (Phi) is 10.8. The van der Waals surface area contributed by atoms with Gasteiger partial charge in [-0.1, -0.05) is 61.4 Å². The third-order valence-corrected chi connectivity index (χ3v) is 6.28. The average molecular weight is 417 g/mol. The molecule has 2 aliphatic heterocycles. The summed E-state index contributed by atoms with van der Waals surface area (Å²) >= 11 is 0. The normalized spacial score (nSPS) is 35.3. The van der Waals surface area contributed by atoms with Crippen LogP contribution >= 0.6 is 0 Å². The van der Waals surface area contributed by atoms with Gasteiger partial charge in [-0.05, 0) is 81.1 Å². The Morgan fingerprint density at radius 1 is 0.700 bits per heavy atom. The van der Waals surface area contributed by atoms with Gasteiger partial charge in [-0.25, -0.2) is 0 Å². The zero-order valence-corrected chi connectivity index (χ0v) is 21.4. The van der Waals surface area contributed by atoms with Gasteiger partial charge in [0.2, 0.25) is 0 Å². The van der Waals surface area contributed by atoms with Crippen LogP contribution in [0.2, 0.25) is 0 Å². The predicted molar refractivity (Wildman–Crippen MR) is 132 cm³/mol. The maximum absolute atomic E-state index is 6.05. The number of allylic oxidation sites excluding steroid dienone is 4. The molecule has 2 heterocycles.